The van der Waals surface area contributed by atoms with Crippen molar-refractivity contribution in [3.8, 4) is 23.1 Å². The zero-order valence-electron chi connectivity index (χ0n) is 13.5. The highest BCUT2D eigenvalue weighted by molar-refractivity contribution is 5.65. The van der Waals surface area contributed by atoms with Crippen molar-refractivity contribution in [2.75, 3.05) is 19.0 Å². The fourth-order valence-electron chi connectivity index (χ4n) is 2.14. The summed E-state index contributed by atoms with van der Waals surface area (Å²) in [4.78, 5) is 0. The Labute approximate surface area is 139 Å². The second kappa shape index (κ2) is 8.20. The standard InChI is InChI=1S/C17H18F2N4O/c1-3-12(18)6-7-21-17-5-4-15(22-23-17)13-8-11(10-20)16(24-2)9-14(13)19/h4-5,8-9,12H,3,6-7H2,1-2H3,(H,21,23). The van der Waals surface area contributed by atoms with Gasteiger partial charge < -0.3 is 10.1 Å². The van der Waals surface area contributed by atoms with E-state index in [9.17, 15) is 8.78 Å². The van der Waals surface area contributed by atoms with Gasteiger partial charge in [-0.2, -0.15) is 5.26 Å². The van der Waals surface area contributed by atoms with Gasteiger partial charge in [-0.1, -0.05) is 6.92 Å². The number of anilines is 1. The molecule has 1 aromatic carbocycles. The summed E-state index contributed by atoms with van der Waals surface area (Å²) in [6.07, 6.45) is 0.0190. The highest BCUT2D eigenvalue weighted by Gasteiger charge is 2.13. The van der Waals surface area contributed by atoms with Crippen LogP contribution in [0.3, 0.4) is 0 Å². The molecule has 0 aliphatic heterocycles. The summed E-state index contributed by atoms with van der Waals surface area (Å²) in [7, 11) is 1.37. The van der Waals surface area contributed by atoms with E-state index in [4.69, 9.17) is 10.00 Å². The molecule has 0 aliphatic carbocycles. The number of halogens is 2. The summed E-state index contributed by atoms with van der Waals surface area (Å²) in [6.45, 7) is 2.23. The molecule has 0 spiro atoms. The summed E-state index contributed by atoms with van der Waals surface area (Å²) in [6, 6.07) is 7.70. The molecule has 0 aliphatic rings. The lowest BCUT2D eigenvalue weighted by Crippen LogP contribution is -2.10. The Morgan fingerprint density at radius 3 is 2.71 bits per heavy atom. The Balaban J connectivity index is 2.15. The molecule has 0 radical (unpaired) electrons. The van der Waals surface area contributed by atoms with Crippen molar-refractivity contribution in [2.45, 2.75) is 25.9 Å². The summed E-state index contributed by atoms with van der Waals surface area (Å²) >= 11 is 0. The summed E-state index contributed by atoms with van der Waals surface area (Å²) < 4.78 is 32.3. The fourth-order valence-corrected chi connectivity index (χ4v) is 2.14. The van der Waals surface area contributed by atoms with Crippen LogP contribution in [0.25, 0.3) is 11.3 Å². The van der Waals surface area contributed by atoms with Gasteiger partial charge in [0, 0.05) is 18.2 Å². The molecule has 0 bridgehead atoms. The zero-order valence-corrected chi connectivity index (χ0v) is 13.5. The van der Waals surface area contributed by atoms with Crippen molar-refractivity contribution in [1.29, 1.82) is 5.26 Å². The topological polar surface area (TPSA) is 70.8 Å². The molecule has 0 saturated heterocycles. The number of rotatable bonds is 7. The predicted molar refractivity (Wildman–Crippen MR) is 87.0 cm³/mol. The minimum Gasteiger partial charge on any atom is -0.495 e. The minimum atomic E-state index is -0.845. The van der Waals surface area contributed by atoms with Gasteiger partial charge in [-0.05, 0) is 31.0 Å². The molecule has 2 aromatic rings. The first-order chi connectivity index (χ1) is 11.6. The number of ether oxygens (including phenoxy) is 1. The van der Waals surface area contributed by atoms with Crippen molar-refractivity contribution in [3.63, 3.8) is 0 Å². The lowest BCUT2D eigenvalue weighted by atomic mass is 10.1. The number of hydrogen-bond acceptors (Lipinski definition) is 5. The van der Waals surface area contributed by atoms with Gasteiger partial charge in [-0.3, -0.25) is 0 Å². The van der Waals surface area contributed by atoms with Gasteiger partial charge in [0.05, 0.1) is 18.4 Å². The average Bonchev–Trinajstić information content (AvgIpc) is 2.62. The monoisotopic (exact) mass is 332 g/mol. The smallest absolute Gasteiger partial charge is 0.148 e. The number of methoxy groups -OCH3 is 1. The van der Waals surface area contributed by atoms with Crippen molar-refractivity contribution < 1.29 is 13.5 Å². The van der Waals surface area contributed by atoms with Gasteiger partial charge in [-0.25, -0.2) is 8.78 Å². The van der Waals surface area contributed by atoms with E-state index in [0.29, 0.717) is 30.9 Å². The molecule has 5 nitrogen and oxygen atoms in total. The average molecular weight is 332 g/mol. The van der Waals surface area contributed by atoms with Gasteiger partial charge in [0.25, 0.3) is 0 Å². The van der Waals surface area contributed by atoms with E-state index in [-0.39, 0.29) is 16.9 Å². The van der Waals surface area contributed by atoms with Crippen LogP contribution in [0.2, 0.25) is 0 Å². The van der Waals surface area contributed by atoms with E-state index in [1.807, 2.05) is 6.07 Å². The van der Waals surface area contributed by atoms with E-state index >= 15 is 0 Å². The third kappa shape index (κ3) is 4.16. The number of nitriles is 1. The lowest BCUT2D eigenvalue weighted by Gasteiger charge is -2.09. The number of nitrogens with one attached hydrogen (secondary N) is 1. The van der Waals surface area contributed by atoms with Crippen LogP contribution < -0.4 is 10.1 Å². The van der Waals surface area contributed by atoms with Crippen LogP contribution in [0, 0.1) is 17.1 Å². The molecule has 24 heavy (non-hydrogen) atoms. The van der Waals surface area contributed by atoms with Gasteiger partial charge in [0.1, 0.15) is 29.6 Å². The predicted octanol–water partition coefficient (Wildman–Crippen LogP) is 3.71. The summed E-state index contributed by atoms with van der Waals surface area (Å²) in [5.41, 5.74) is 0.682. The Kier molecular flexibility index (Phi) is 6.01. The Morgan fingerprint density at radius 2 is 2.12 bits per heavy atom. The fraction of sp³-hybridized carbons (Fsp3) is 0.353. The quantitative estimate of drug-likeness (QED) is 0.837. The van der Waals surface area contributed by atoms with Crippen LogP contribution in [-0.4, -0.2) is 30.0 Å². The van der Waals surface area contributed by atoms with Crippen LogP contribution in [0.1, 0.15) is 25.3 Å². The lowest BCUT2D eigenvalue weighted by molar-refractivity contribution is 0.312. The Bertz CT molecular complexity index is 729. The molecule has 7 heteroatoms. The van der Waals surface area contributed by atoms with Crippen LogP contribution in [0.4, 0.5) is 14.6 Å². The van der Waals surface area contributed by atoms with E-state index < -0.39 is 12.0 Å². The molecule has 126 valence electrons. The third-order valence-corrected chi connectivity index (χ3v) is 3.56. The molecule has 0 saturated carbocycles. The molecule has 1 atom stereocenters. The summed E-state index contributed by atoms with van der Waals surface area (Å²) in [5, 5.41) is 20.0. The first-order valence-electron chi connectivity index (χ1n) is 7.58. The van der Waals surface area contributed by atoms with Gasteiger partial charge in [0.2, 0.25) is 0 Å². The maximum Gasteiger partial charge on any atom is 0.148 e. The maximum atomic E-state index is 14.2. The van der Waals surface area contributed by atoms with Crippen molar-refractivity contribution in [3.05, 3.63) is 35.6 Å². The second-order valence-electron chi connectivity index (χ2n) is 5.17. The van der Waals surface area contributed by atoms with Crippen molar-refractivity contribution >= 4 is 5.82 Å². The van der Waals surface area contributed by atoms with E-state index in [0.717, 1.165) is 6.07 Å². The van der Waals surface area contributed by atoms with E-state index in [1.54, 1.807) is 19.1 Å². The number of aromatic nitrogens is 2. The number of hydrogen-bond donors (Lipinski definition) is 1. The highest BCUT2D eigenvalue weighted by Crippen LogP contribution is 2.28. The molecule has 0 fully saturated rings. The van der Waals surface area contributed by atoms with Crippen molar-refractivity contribution in [1.82, 2.24) is 10.2 Å². The highest BCUT2D eigenvalue weighted by atomic mass is 19.1. The maximum absolute atomic E-state index is 14.2. The number of benzene rings is 1. The molecule has 1 aromatic heterocycles. The molecule has 1 N–H and O–H groups in total. The van der Waals surface area contributed by atoms with Gasteiger partial charge >= 0.3 is 0 Å². The summed E-state index contributed by atoms with van der Waals surface area (Å²) in [5.74, 6) is 0.0993. The SMILES string of the molecule is CCC(F)CCNc1ccc(-c2cc(C#N)c(OC)cc2F)nn1. The Morgan fingerprint density at radius 1 is 1.33 bits per heavy atom. The molecule has 2 rings (SSSR count). The van der Waals surface area contributed by atoms with E-state index in [1.165, 1.54) is 13.2 Å². The van der Waals surface area contributed by atoms with Crippen LogP contribution in [0.15, 0.2) is 24.3 Å². The zero-order chi connectivity index (χ0) is 17.5. The number of nitrogens with zero attached hydrogens (tertiary/aromatic N) is 3. The first-order valence-corrected chi connectivity index (χ1v) is 7.58. The van der Waals surface area contributed by atoms with Gasteiger partial charge in [0.15, 0.2) is 0 Å². The third-order valence-electron chi connectivity index (χ3n) is 3.56. The minimum absolute atomic E-state index is 0.168. The molecule has 1 heterocycles. The van der Waals surface area contributed by atoms with Crippen LogP contribution >= 0.6 is 0 Å². The molecule has 1 unspecified atom stereocenters. The Hall–Kier alpha value is -2.75. The molecular formula is C17H18F2N4O. The van der Waals surface area contributed by atoms with Crippen LogP contribution in [-0.2, 0) is 0 Å². The number of alkyl halides is 1. The van der Waals surface area contributed by atoms with Crippen LogP contribution in [0.5, 0.6) is 5.75 Å². The van der Waals surface area contributed by atoms with E-state index in [2.05, 4.69) is 15.5 Å². The molecular weight excluding hydrogens is 314 g/mol. The largest absolute Gasteiger partial charge is 0.495 e. The van der Waals surface area contributed by atoms with Gasteiger partial charge in [-0.15, -0.1) is 10.2 Å². The first kappa shape index (κ1) is 17.6. The second-order valence-corrected chi connectivity index (χ2v) is 5.17. The van der Waals surface area contributed by atoms with Crippen molar-refractivity contribution in [2.24, 2.45) is 0 Å². The normalized spacial score (nSPS) is 11.6. The molecule has 0 amide bonds.